The summed E-state index contributed by atoms with van der Waals surface area (Å²) in [6, 6.07) is 0. The van der Waals surface area contributed by atoms with Gasteiger partial charge in [0.05, 0.1) is 0 Å². The zero-order valence-corrected chi connectivity index (χ0v) is 6.20. The summed E-state index contributed by atoms with van der Waals surface area (Å²) in [6.07, 6.45) is 1.13. The van der Waals surface area contributed by atoms with Crippen molar-refractivity contribution in [3.8, 4) is 4.20 Å². The van der Waals surface area contributed by atoms with Crippen molar-refractivity contribution < 1.29 is 19.2 Å². The minimum atomic E-state index is 0.790. The second-order valence-electron chi connectivity index (χ2n) is 1.74. The van der Waals surface area contributed by atoms with Gasteiger partial charge in [-0.25, -0.2) is 0 Å². The van der Waals surface area contributed by atoms with Gasteiger partial charge in [0, 0.05) is 0 Å². The van der Waals surface area contributed by atoms with E-state index in [-0.39, 0.29) is 0 Å². The minimum absolute atomic E-state index is 0.790. The summed E-state index contributed by atoms with van der Waals surface area (Å²) >= 11 is 1.91. The van der Waals surface area contributed by atoms with E-state index in [1.807, 2.05) is 19.2 Å². The van der Waals surface area contributed by atoms with Crippen molar-refractivity contribution in [2.24, 2.45) is 5.92 Å². The Labute approximate surface area is 50.0 Å². The molecule has 0 nitrogen and oxygen atoms in total. The summed E-state index contributed by atoms with van der Waals surface area (Å²) < 4.78 is 3.08. The average molecular weight is 165 g/mol. The van der Waals surface area contributed by atoms with Crippen LogP contribution in [0.4, 0.5) is 0 Å². The second kappa shape index (κ2) is 3.65. The molecule has 0 saturated heterocycles. The fourth-order valence-electron chi connectivity index (χ4n) is 0.167. The standard InChI is InChI=1S/C5H9.Mo/c1-4-5(2)3;/h5H,4H2,2-3H3;. The molecular formula is C5H9Mo. The predicted octanol–water partition coefficient (Wildman–Crippen LogP) is 1.54. The average Bonchev–Trinajstić information content (AvgIpc) is 1.35. The van der Waals surface area contributed by atoms with Gasteiger partial charge in [-0.05, 0) is 0 Å². The molecule has 0 aromatic heterocycles. The molecule has 0 unspecified atom stereocenters. The molecule has 0 aliphatic carbocycles. The Hall–Kier alpha value is 0.468. The SMILES string of the molecule is CC(C)C[C]#[Mo]. The van der Waals surface area contributed by atoms with Gasteiger partial charge in [-0.3, -0.25) is 0 Å². The van der Waals surface area contributed by atoms with Crippen LogP contribution in [0.3, 0.4) is 0 Å². The fourth-order valence-corrected chi connectivity index (χ4v) is 0.986. The molecule has 0 heterocycles. The maximum atomic E-state index is 3.08. The Bertz CT molecular complexity index is 58.8. The molecule has 35 valence electrons. The molecule has 0 saturated carbocycles. The van der Waals surface area contributed by atoms with E-state index in [0.717, 1.165) is 12.3 Å². The summed E-state index contributed by atoms with van der Waals surface area (Å²) in [4.78, 5) is 0. The molecule has 0 radical (unpaired) electrons. The van der Waals surface area contributed by atoms with Crippen molar-refractivity contribution in [3.05, 3.63) is 0 Å². The first-order valence-corrected chi connectivity index (χ1v) is 3.12. The third kappa shape index (κ3) is 4.47. The topological polar surface area (TPSA) is 0 Å². The Morgan fingerprint density at radius 1 is 1.67 bits per heavy atom. The van der Waals surface area contributed by atoms with Crippen molar-refractivity contribution in [1.82, 2.24) is 0 Å². The fraction of sp³-hybridized carbons (Fsp3) is 0.800. The molecule has 0 atom stereocenters. The van der Waals surface area contributed by atoms with Crippen LogP contribution in [0.15, 0.2) is 0 Å². The van der Waals surface area contributed by atoms with Crippen LogP contribution in [0.5, 0.6) is 0 Å². The molecule has 6 heavy (non-hydrogen) atoms. The molecule has 0 amide bonds. The van der Waals surface area contributed by atoms with Crippen LogP contribution < -0.4 is 0 Å². The molecule has 0 aliphatic rings. The first kappa shape index (κ1) is 6.47. The summed E-state index contributed by atoms with van der Waals surface area (Å²) in [6.45, 7) is 4.39. The van der Waals surface area contributed by atoms with Gasteiger partial charge in [0.1, 0.15) is 0 Å². The molecule has 0 N–H and O–H groups in total. The molecule has 0 aromatic rings. The van der Waals surface area contributed by atoms with Crippen molar-refractivity contribution in [3.63, 3.8) is 0 Å². The van der Waals surface area contributed by atoms with E-state index in [1.54, 1.807) is 0 Å². The first-order valence-electron chi connectivity index (χ1n) is 2.12. The molecule has 1 heteroatoms. The summed E-state index contributed by atoms with van der Waals surface area (Å²) in [5, 5.41) is 0. The van der Waals surface area contributed by atoms with E-state index in [4.69, 9.17) is 0 Å². The van der Waals surface area contributed by atoms with Gasteiger partial charge in [0.15, 0.2) is 0 Å². The van der Waals surface area contributed by atoms with E-state index in [9.17, 15) is 0 Å². The zero-order chi connectivity index (χ0) is 4.99. The van der Waals surface area contributed by atoms with Crippen LogP contribution in [0, 0.1) is 10.1 Å². The Balaban J connectivity index is 2.88. The van der Waals surface area contributed by atoms with E-state index >= 15 is 0 Å². The zero-order valence-electron chi connectivity index (χ0n) is 4.19. The molecule has 0 bridgehead atoms. The van der Waals surface area contributed by atoms with E-state index in [0.29, 0.717) is 0 Å². The molecule has 0 aliphatic heterocycles. The van der Waals surface area contributed by atoms with Gasteiger partial charge >= 0.3 is 49.5 Å². The van der Waals surface area contributed by atoms with Gasteiger partial charge in [-0.2, -0.15) is 0 Å². The van der Waals surface area contributed by atoms with Gasteiger partial charge in [-0.1, -0.05) is 0 Å². The predicted molar refractivity (Wildman–Crippen MR) is 23.3 cm³/mol. The Morgan fingerprint density at radius 3 is 2.17 bits per heavy atom. The number of hydrogen-bond donors (Lipinski definition) is 0. The normalized spacial score (nSPS) is 8.33. The van der Waals surface area contributed by atoms with Crippen molar-refractivity contribution in [1.29, 1.82) is 0 Å². The van der Waals surface area contributed by atoms with Crippen LogP contribution in [0.2, 0.25) is 0 Å². The second-order valence-corrected chi connectivity index (χ2v) is 2.45. The van der Waals surface area contributed by atoms with E-state index in [1.165, 1.54) is 0 Å². The maximum absolute atomic E-state index is 3.08. The van der Waals surface area contributed by atoms with Gasteiger partial charge in [-0.15, -0.1) is 0 Å². The van der Waals surface area contributed by atoms with Crippen molar-refractivity contribution >= 4 is 0 Å². The molecule has 0 fully saturated rings. The quantitative estimate of drug-likeness (QED) is 0.517. The first-order chi connectivity index (χ1) is 2.77. The third-order valence-electron chi connectivity index (χ3n) is 0.492. The number of hydrogen-bond acceptors (Lipinski definition) is 0. The Morgan fingerprint density at radius 2 is 2.17 bits per heavy atom. The molecule has 0 rings (SSSR count). The van der Waals surface area contributed by atoms with Crippen LogP contribution >= 0.6 is 0 Å². The van der Waals surface area contributed by atoms with Crippen LogP contribution in [0.1, 0.15) is 20.3 Å². The molecule has 0 aromatic carbocycles. The summed E-state index contributed by atoms with van der Waals surface area (Å²) in [7, 11) is 0. The molecule has 0 spiro atoms. The van der Waals surface area contributed by atoms with Crippen molar-refractivity contribution in [2.45, 2.75) is 20.3 Å². The van der Waals surface area contributed by atoms with Gasteiger partial charge in [0.25, 0.3) is 0 Å². The monoisotopic (exact) mass is 167 g/mol. The molecular weight excluding hydrogens is 156 g/mol. The number of rotatable bonds is 1. The van der Waals surface area contributed by atoms with Crippen LogP contribution in [-0.4, -0.2) is 0 Å². The Kier molecular flexibility index (Phi) is 3.94. The summed E-state index contributed by atoms with van der Waals surface area (Å²) in [5.41, 5.74) is 0. The van der Waals surface area contributed by atoms with Gasteiger partial charge < -0.3 is 0 Å². The van der Waals surface area contributed by atoms with Gasteiger partial charge in [0.2, 0.25) is 0 Å². The van der Waals surface area contributed by atoms with E-state index in [2.05, 4.69) is 18.0 Å². The van der Waals surface area contributed by atoms with Crippen LogP contribution in [0.25, 0.3) is 0 Å². The summed E-state index contributed by atoms with van der Waals surface area (Å²) in [5.74, 6) is 0.790. The van der Waals surface area contributed by atoms with Crippen LogP contribution in [-0.2, 0) is 19.2 Å². The van der Waals surface area contributed by atoms with Crippen molar-refractivity contribution in [2.75, 3.05) is 0 Å². The van der Waals surface area contributed by atoms with E-state index < -0.39 is 0 Å². The third-order valence-corrected chi connectivity index (χ3v) is 0.901.